The number of benzene rings is 1. The molecule has 1 unspecified atom stereocenters. The van der Waals surface area contributed by atoms with Crippen LogP contribution in [-0.2, 0) is 10.5 Å². The van der Waals surface area contributed by atoms with Crippen molar-refractivity contribution in [2.75, 3.05) is 19.7 Å². The SMILES string of the molecule is CC1(n2cnc3ccccc32)CN(C(=O)O)CCO1. The van der Waals surface area contributed by atoms with Crippen molar-refractivity contribution in [2.24, 2.45) is 0 Å². The van der Waals surface area contributed by atoms with Gasteiger partial charge < -0.3 is 14.7 Å². The fraction of sp³-hybridized carbons (Fsp3) is 0.385. The predicted molar refractivity (Wildman–Crippen MR) is 68.9 cm³/mol. The molecule has 3 rings (SSSR count). The van der Waals surface area contributed by atoms with E-state index >= 15 is 0 Å². The van der Waals surface area contributed by atoms with E-state index in [1.165, 1.54) is 4.90 Å². The molecule has 1 aliphatic rings. The maximum absolute atomic E-state index is 11.1. The number of para-hydroxylation sites is 2. The van der Waals surface area contributed by atoms with Crippen molar-refractivity contribution in [2.45, 2.75) is 12.6 Å². The van der Waals surface area contributed by atoms with Crippen LogP contribution in [0.15, 0.2) is 30.6 Å². The molecule has 100 valence electrons. The van der Waals surface area contributed by atoms with Crippen LogP contribution in [0.2, 0.25) is 0 Å². The summed E-state index contributed by atoms with van der Waals surface area (Å²) in [6, 6.07) is 7.73. The molecular weight excluding hydrogens is 246 g/mol. The zero-order chi connectivity index (χ0) is 13.5. The Morgan fingerprint density at radius 1 is 1.47 bits per heavy atom. The van der Waals surface area contributed by atoms with Gasteiger partial charge in [0.25, 0.3) is 0 Å². The van der Waals surface area contributed by atoms with Crippen LogP contribution in [0.1, 0.15) is 6.92 Å². The highest BCUT2D eigenvalue weighted by Crippen LogP contribution is 2.27. The first-order chi connectivity index (χ1) is 9.10. The number of hydrogen-bond acceptors (Lipinski definition) is 3. The van der Waals surface area contributed by atoms with Crippen LogP contribution in [0.3, 0.4) is 0 Å². The molecule has 19 heavy (non-hydrogen) atoms. The van der Waals surface area contributed by atoms with Gasteiger partial charge in [-0.05, 0) is 19.1 Å². The minimum Gasteiger partial charge on any atom is -0.465 e. The van der Waals surface area contributed by atoms with Crippen molar-refractivity contribution in [1.29, 1.82) is 0 Å². The third-order valence-electron chi connectivity index (χ3n) is 3.49. The monoisotopic (exact) mass is 261 g/mol. The zero-order valence-corrected chi connectivity index (χ0v) is 10.6. The summed E-state index contributed by atoms with van der Waals surface area (Å²) in [4.78, 5) is 16.8. The van der Waals surface area contributed by atoms with Gasteiger partial charge in [0, 0.05) is 6.54 Å². The third-order valence-corrected chi connectivity index (χ3v) is 3.49. The first-order valence-electron chi connectivity index (χ1n) is 6.14. The van der Waals surface area contributed by atoms with E-state index in [1.54, 1.807) is 6.33 Å². The number of carbonyl (C=O) groups is 1. The second kappa shape index (κ2) is 4.24. The van der Waals surface area contributed by atoms with E-state index in [-0.39, 0.29) is 0 Å². The maximum atomic E-state index is 11.1. The molecule has 6 heteroatoms. The summed E-state index contributed by atoms with van der Waals surface area (Å²) in [5.41, 5.74) is 1.10. The number of ether oxygens (including phenoxy) is 1. The molecule has 1 aromatic carbocycles. The third kappa shape index (κ3) is 1.94. The lowest BCUT2D eigenvalue weighted by molar-refractivity contribution is -0.139. The molecule has 1 atom stereocenters. The summed E-state index contributed by atoms with van der Waals surface area (Å²) in [5, 5.41) is 9.13. The highest BCUT2D eigenvalue weighted by molar-refractivity contribution is 5.75. The number of imidazole rings is 1. The summed E-state index contributed by atoms with van der Waals surface area (Å²) in [6.07, 6.45) is 0.787. The van der Waals surface area contributed by atoms with Crippen molar-refractivity contribution in [3.05, 3.63) is 30.6 Å². The van der Waals surface area contributed by atoms with E-state index in [9.17, 15) is 4.79 Å². The summed E-state index contributed by atoms with van der Waals surface area (Å²) in [7, 11) is 0. The van der Waals surface area contributed by atoms with E-state index in [4.69, 9.17) is 9.84 Å². The van der Waals surface area contributed by atoms with Gasteiger partial charge in [-0.3, -0.25) is 4.57 Å². The first-order valence-corrected chi connectivity index (χ1v) is 6.14. The molecule has 1 aliphatic heterocycles. The number of carboxylic acid groups (broad SMARTS) is 1. The number of aromatic nitrogens is 2. The lowest BCUT2D eigenvalue weighted by Crippen LogP contribution is -2.52. The van der Waals surface area contributed by atoms with Crippen LogP contribution >= 0.6 is 0 Å². The average molecular weight is 261 g/mol. The van der Waals surface area contributed by atoms with Crippen molar-refractivity contribution < 1.29 is 14.6 Å². The Morgan fingerprint density at radius 3 is 3.05 bits per heavy atom. The molecule has 1 fully saturated rings. The second-order valence-corrected chi connectivity index (χ2v) is 4.83. The quantitative estimate of drug-likeness (QED) is 0.848. The minimum absolute atomic E-state index is 0.294. The Hall–Kier alpha value is -2.08. The van der Waals surface area contributed by atoms with E-state index in [2.05, 4.69) is 4.98 Å². The highest BCUT2D eigenvalue weighted by atomic mass is 16.5. The van der Waals surface area contributed by atoms with Crippen molar-refractivity contribution >= 4 is 17.1 Å². The van der Waals surface area contributed by atoms with Crippen LogP contribution in [0, 0.1) is 0 Å². The van der Waals surface area contributed by atoms with Gasteiger partial charge in [-0.1, -0.05) is 12.1 Å². The minimum atomic E-state index is -0.918. The first kappa shape index (κ1) is 12.0. The number of fused-ring (bicyclic) bond motifs is 1. The van der Waals surface area contributed by atoms with Gasteiger partial charge in [0.2, 0.25) is 0 Å². The van der Waals surface area contributed by atoms with Gasteiger partial charge >= 0.3 is 6.09 Å². The molecule has 6 nitrogen and oxygen atoms in total. The normalized spacial score (nSPS) is 23.7. The molecule has 2 aromatic rings. The number of morpholine rings is 1. The number of nitrogens with zero attached hydrogens (tertiary/aromatic N) is 3. The lowest BCUT2D eigenvalue weighted by atomic mass is 10.2. The Kier molecular flexibility index (Phi) is 2.67. The lowest BCUT2D eigenvalue weighted by Gasteiger charge is -2.40. The van der Waals surface area contributed by atoms with E-state index < -0.39 is 11.8 Å². The standard InChI is InChI=1S/C13H15N3O3/c1-13(8-15(12(17)18)6-7-19-13)16-9-14-10-4-2-3-5-11(10)16/h2-5,9H,6-8H2,1H3,(H,17,18). The molecule has 1 N–H and O–H groups in total. The summed E-state index contributed by atoms with van der Waals surface area (Å²) in [6.45, 7) is 2.96. The van der Waals surface area contributed by atoms with Gasteiger partial charge in [0.1, 0.15) is 0 Å². The number of rotatable bonds is 1. The Labute approximate surface area is 110 Å². The van der Waals surface area contributed by atoms with Gasteiger partial charge in [-0.25, -0.2) is 9.78 Å². The molecule has 0 bridgehead atoms. The van der Waals surface area contributed by atoms with E-state index in [0.717, 1.165) is 11.0 Å². The Morgan fingerprint density at radius 2 is 2.26 bits per heavy atom. The Balaban J connectivity index is 2.02. The van der Waals surface area contributed by atoms with Crippen LogP contribution in [0.25, 0.3) is 11.0 Å². The van der Waals surface area contributed by atoms with Crippen LogP contribution < -0.4 is 0 Å². The van der Waals surface area contributed by atoms with E-state index in [0.29, 0.717) is 19.7 Å². The smallest absolute Gasteiger partial charge is 0.407 e. The molecule has 0 saturated carbocycles. The van der Waals surface area contributed by atoms with Crippen LogP contribution in [0.4, 0.5) is 4.79 Å². The van der Waals surface area contributed by atoms with Gasteiger partial charge in [-0.15, -0.1) is 0 Å². The Bertz CT molecular complexity index is 624. The molecule has 1 saturated heterocycles. The average Bonchev–Trinajstić information content (AvgIpc) is 2.83. The van der Waals surface area contributed by atoms with Crippen LogP contribution in [0.5, 0.6) is 0 Å². The fourth-order valence-electron chi connectivity index (χ4n) is 2.50. The molecular formula is C13H15N3O3. The number of hydrogen-bond donors (Lipinski definition) is 1. The molecule has 1 aromatic heterocycles. The predicted octanol–water partition coefficient (Wildman–Crippen LogP) is 1.72. The highest BCUT2D eigenvalue weighted by Gasteiger charge is 2.36. The fourth-order valence-corrected chi connectivity index (χ4v) is 2.50. The second-order valence-electron chi connectivity index (χ2n) is 4.83. The molecule has 0 aliphatic carbocycles. The topological polar surface area (TPSA) is 67.6 Å². The number of amides is 1. The summed E-state index contributed by atoms with van der Waals surface area (Å²) >= 11 is 0. The zero-order valence-electron chi connectivity index (χ0n) is 10.6. The van der Waals surface area contributed by atoms with Crippen molar-refractivity contribution in [3.8, 4) is 0 Å². The molecule has 0 spiro atoms. The van der Waals surface area contributed by atoms with Crippen molar-refractivity contribution in [1.82, 2.24) is 14.5 Å². The van der Waals surface area contributed by atoms with Gasteiger partial charge in [0.05, 0.1) is 30.5 Å². The van der Waals surface area contributed by atoms with Crippen molar-refractivity contribution in [3.63, 3.8) is 0 Å². The summed E-state index contributed by atoms with van der Waals surface area (Å²) in [5.74, 6) is 0. The molecule has 0 radical (unpaired) electrons. The molecule has 1 amide bonds. The molecule has 2 heterocycles. The van der Waals surface area contributed by atoms with Gasteiger partial charge in [-0.2, -0.15) is 0 Å². The van der Waals surface area contributed by atoms with E-state index in [1.807, 2.05) is 35.8 Å². The largest absolute Gasteiger partial charge is 0.465 e. The van der Waals surface area contributed by atoms with Gasteiger partial charge in [0.15, 0.2) is 5.72 Å². The van der Waals surface area contributed by atoms with Crippen LogP contribution in [-0.4, -0.2) is 45.3 Å². The summed E-state index contributed by atoms with van der Waals surface area (Å²) < 4.78 is 7.72. The maximum Gasteiger partial charge on any atom is 0.407 e.